The second-order valence-corrected chi connectivity index (χ2v) is 5.43. The topological polar surface area (TPSA) is 26.0 Å². The highest BCUT2D eigenvalue weighted by Gasteiger charge is 2.16. The minimum atomic E-state index is -0.442. The molecule has 0 saturated carbocycles. The Balaban J connectivity index is 2.49. The monoisotopic (exact) mass is 307 g/mol. The average molecular weight is 308 g/mol. The molecular weight excluding hydrogens is 293 g/mol. The highest BCUT2D eigenvalue weighted by Crippen LogP contribution is 2.27. The molecule has 0 spiro atoms. The van der Waals surface area contributed by atoms with Gasteiger partial charge in [0.05, 0.1) is 6.04 Å². The summed E-state index contributed by atoms with van der Waals surface area (Å²) in [5, 5.41) is 0. The SMILES string of the molecule is Cc1cc(C)c(C(N)c2cccc(Br)c2)c(F)c1. The lowest BCUT2D eigenvalue weighted by molar-refractivity contribution is 0.596. The first-order valence-corrected chi connectivity index (χ1v) is 6.56. The Labute approximate surface area is 115 Å². The van der Waals surface area contributed by atoms with Gasteiger partial charge in [0, 0.05) is 10.0 Å². The average Bonchev–Trinajstić information content (AvgIpc) is 2.27. The molecule has 0 heterocycles. The second kappa shape index (κ2) is 5.21. The van der Waals surface area contributed by atoms with Gasteiger partial charge in [-0.2, -0.15) is 0 Å². The van der Waals surface area contributed by atoms with Gasteiger partial charge in [0.2, 0.25) is 0 Å². The molecule has 0 aromatic heterocycles. The van der Waals surface area contributed by atoms with E-state index in [1.807, 2.05) is 44.2 Å². The maximum Gasteiger partial charge on any atom is 0.128 e. The summed E-state index contributed by atoms with van der Waals surface area (Å²) < 4.78 is 15.0. The summed E-state index contributed by atoms with van der Waals surface area (Å²) in [6.07, 6.45) is 0. The van der Waals surface area contributed by atoms with Crippen LogP contribution in [-0.4, -0.2) is 0 Å². The largest absolute Gasteiger partial charge is 0.320 e. The highest BCUT2D eigenvalue weighted by atomic mass is 79.9. The molecule has 2 aromatic carbocycles. The lowest BCUT2D eigenvalue weighted by atomic mass is 9.94. The van der Waals surface area contributed by atoms with Crippen LogP contribution in [0.1, 0.15) is 28.3 Å². The van der Waals surface area contributed by atoms with E-state index in [9.17, 15) is 4.39 Å². The number of halogens is 2. The van der Waals surface area contributed by atoms with E-state index in [4.69, 9.17) is 5.73 Å². The number of hydrogen-bond donors (Lipinski definition) is 1. The summed E-state index contributed by atoms with van der Waals surface area (Å²) in [4.78, 5) is 0. The lowest BCUT2D eigenvalue weighted by Gasteiger charge is -2.17. The number of aryl methyl sites for hydroxylation is 2. The van der Waals surface area contributed by atoms with Crippen molar-refractivity contribution in [2.24, 2.45) is 5.73 Å². The molecular formula is C15H15BrFN. The minimum absolute atomic E-state index is 0.236. The number of benzene rings is 2. The molecule has 0 radical (unpaired) electrons. The third-order valence-electron chi connectivity index (χ3n) is 3.00. The van der Waals surface area contributed by atoms with Gasteiger partial charge in [-0.15, -0.1) is 0 Å². The third-order valence-corrected chi connectivity index (χ3v) is 3.49. The Morgan fingerprint density at radius 2 is 1.89 bits per heavy atom. The number of rotatable bonds is 2. The summed E-state index contributed by atoms with van der Waals surface area (Å²) >= 11 is 3.40. The molecule has 1 unspecified atom stereocenters. The van der Waals surface area contributed by atoms with Crippen LogP contribution in [0.2, 0.25) is 0 Å². The van der Waals surface area contributed by atoms with Gasteiger partial charge in [0.25, 0.3) is 0 Å². The molecule has 2 N–H and O–H groups in total. The molecule has 94 valence electrons. The molecule has 0 aliphatic carbocycles. The van der Waals surface area contributed by atoms with Crippen molar-refractivity contribution in [1.82, 2.24) is 0 Å². The zero-order valence-electron chi connectivity index (χ0n) is 10.4. The van der Waals surface area contributed by atoms with Gasteiger partial charge in [-0.3, -0.25) is 0 Å². The number of nitrogens with two attached hydrogens (primary N) is 1. The number of hydrogen-bond acceptors (Lipinski definition) is 1. The van der Waals surface area contributed by atoms with E-state index in [2.05, 4.69) is 15.9 Å². The van der Waals surface area contributed by atoms with Gasteiger partial charge in [0.1, 0.15) is 5.82 Å². The van der Waals surface area contributed by atoms with Crippen LogP contribution in [0, 0.1) is 19.7 Å². The van der Waals surface area contributed by atoms with E-state index in [1.165, 1.54) is 6.07 Å². The first-order chi connectivity index (χ1) is 8.49. The summed E-state index contributed by atoms with van der Waals surface area (Å²) in [5.74, 6) is -0.236. The first kappa shape index (κ1) is 13.2. The Kier molecular flexibility index (Phi) is 3.83. The predicted octanol–water partition coefficient (Wildman–Crippen LogP) is 4.25. The molecule has 0 aliphatic heterocycles. The van der Waals surface area contributed by atoms with Gasteiger partial charge in [-0.05, 0) is 48.7 Å². The van der Waals surface area contributed by atoms with E-state index in [0.717, 1.165) is 21.2 Å². The van der Waals surface area contributed by atoms with Crippen LogP contribution < -0.4 is 5.73 Å². The van der Waals surface area contributed by atoms with Crippen molar-refractivity contribution in [2.75, 3.05) is 0 Å². The Bertz CT molecular complexity index is 557. The Morgan fingerprint density at radius 1 is 1.17 bits per heavy atom. The molecule has 18 heavy (non-hydrogen) atoms. The molecule has 2 aromatic rings. The zero-order chi connectivity index (χ0) is 13.3. The van der Waals surface area contributed by atoms with Gasteiger partial charge in [-0.1, -0.05) is 34.1 Å². The van der Waals surface area contributed by atoms with Crippen LogP contribution in [0.4, 0.5) is 4.39 Å². The summed E-state index contributed by atoms with van der Waals surface area (Å²) in [6.45, 7) is 3.77. The quantitative estimate of drug-likeness (QED) is 0.881. The summed E-state index contributed by atoms with van der Waals surface area (Å²) in [6, 6.07) is 10.7. The van der Waals surface area contributed by atoms with Crippen LogP contribution in [0.25, 0.3) is 0 Å². The van der Waals surface area contributed by atoms with Crippen molar-refractivity contribution in [3.8, 4) is 0 Å². The van der Waals surface area contributed by atoms with Crippen LogP contribution in [0.5, 0.6) is 0 Å². The van der Waals surface area contributed by atoms with Crippen molar-refractivity contribution in [3.05, 3.63) is 68.9 Å². The normalized spacial score (nSPS) is 12.5. The summed E-state index contributed by atoms with van der Waals surface area (Å²) in [5.41, 5.74) is 9.44. The fourth-order valence-electron chi connectivity index (χ4n) is 2.19. The Hall–Kier alpha value is -1.19. The van der Waals surface area contributed by atoms with Crippen molar-refractivity contribution in [2.45, 2.75) is 19.9 Å². The van der Waals surface area contributed by atoms with Crippen molar-refractivity contribution >= 4 is 15.9 Å². The van der Waals surface area contributed by atoms with E-state index in [0.29, 0.717) is 5.56 Å². The molecule has 0 fully saturated rings. The highest BCUT2D eigenvalue weighted by molar-refractivity contribution is 9.10. The predicted molar refractivity (Wildman–Crippen MR) is 76.0 cm³/mol. The lowest BCUT2D eigenvalue weighted by Crippen LogP contribution is -2.15. The van der Waals surface area contributed by atoms with Gasteiger partial charge < -0.3 is 5.73 Å². The third kappa shape index (κ3) is 2.62. The van der Waals surface area contributed by atoms with Crippen molar-refractivity contribution in [1.29, 1.82) is 0 Å². The zero-order valence-corrected chi connectivity index (χ0v) is 12.0. The molecule has 1 nitrogen and oxygen atoms in total. The smallest absolute Gasteiger partial charge is 0.128 e. The molecule has 0 bridgehead atoms. The van der Waals surface area contributed by atoms with Crippen LogP contribution in [0.3, 0.4) is 0 Å². The van der Waals surface area contributed by atoms with Crippen molar-refractivity contribution < 1.29 is 4.39 Å². The molecule has 0 aliphatic rings. The summed E-state index contributed by atoms with van der Waals surface area (Å²) in [7, 11) is 0. The van der Waals surface area contributed by atoms with Gasteiger partial charge >= 0.3 is 0 Å². The Morgan fingerprint density at radius 3 is 2.50 bits per heavy atom. The standard InChI is InChI=1S/C15H15BrFN/c1-9-6-10(2)14(13(17)7-9)15(18)11-4-3-5-12(16)8-11/h3-8,15H,18H2,1-2H3. The second-order valence-electron chi connectivity index (χ2n) is 4.51. The molecule has 2 rings (SSSR count). The van der Waals surface area contributed by atoms with E-state index < -0.39 is 6.04 Å². The molecule has 1 atom stereocenters. The fraction of sp³-hybridized carbons (Fsp3) is 0.200. The van der Waals surface area contributed by atoms with Crippen LogP contribution in [0.15, 0.2) is 40.9 Å². The fourth-order valence-corrected chi connectivity index (χ4v) is 2.60. The van der Waals surface area contributed by atoms with Gasteiger partial charge in [0.15, 0.2) is 0 Å². The minimum Gasteiger partial charge on any atom is -0.320 e. The van der Waals surface area contributed by atoms with E-state index in [1.54, 1.807) is 0 Å². The maximum atomic E-state index is 14.1. The van der Waals surface area contributed by atoms with Crippen LogP contribution in [-0.2, 0) is 0 Å². The molecule has 0 saturated heterocycles. The van der Waals surface area contributed by atoms with E-state index in [-0.39, 0.29) is 5.82 Å². The van der Waals surface area contributed by atoms with Crippen LogP contribution >= 0.6 is 15.9 Å². The molecule has 0 amide bonds. The first-order valence-electron chi connectivity index (χ1n) is 5.76. The van der Waals surface area contributed by atoms with Gasteiger partial charge in [-0.25, -0.2) is 4.39 Å². The van der Waals surface area contributed by atoms with E-state index >= 15 is 0 Å². The molecule has 3 heteroatoms. The maximum absolute atomic E-state index is 14.1. The van der Waals surface area contributed by atoms with Crippen molar-refractivity contribution in [3.63, 3.8) is 0 Å².